The highest BCUT2D eigenvalue weighted by molar-refractivity contribution is 5.46. The Labute approximate surface area is 103 Å². The minimum absolute atomic E-state index is 0.415. The molecule has 2 N–H and O–H groups in total. The molecule has 0 aliphatic rings. The number of nitrogen functional groups attached to an aromatic ring is 1. The average Bonchev–Trinajstić information content (AvgIpc) is 2.32. The molecule has 5 heteroatoms. The minimum atomic E-state index is 0.415. The van der Waals surface area contributed by atoms with Gasteiger partial charge in [0.05, 0.1) is 0 Å². The van der Waals surface area contributed by atoms with E-state index in [1.54, 1.807) is 0 Å². The summed E-state index contributed by atoms with van der Waals surface area (Å²) in [5.74, 6) is 2.03. The van der Waals surface area contributed by atoms with Crippen molar-refractivity contribution in [3.8, 4) is 0 Å². The summed E-state index contributed by atoms with van der Waals surface area (Å²) in [6.45, 7) is 9.16. The van der Waals surface area contributed by atoms with Gasteiger partial charge in [0, 0.05) is 25.8 Å². The summed E-state index contributed by atoms with van der Waals surface area (Å²) in [6.07, 6.45) is 1.08. The summed E-state index contributed by atoms with van der Waals surface area (Å²) >= 11 is 0. The van der Waals surface area contributed by atoms with E-state index in [4.69, 9.17) is 10.5 Å². The van der Waals surface area contributed by atoms with E-state index < -0.39 is 0 Å². The Morgan fingerprint density at radius 3 is 2.65 bits per heavy atom. The zero-order valence-corrected chi connectivity index (χ0v) is 10.9. The number of anilines is 2. The fourth-order valence-corrected chi connectivity index (χ4v) is 1.63. The number of ether oxygens (including phenoxy) is 1. The van der Waals surface area contributed by atoms with Crippen LogP contribution in [0.2, 0.25) is 0 Å². The fraction of sp³-hybridized carbons (Fsp3) is 0.667. The van der Waals surface area contributed by atoms with Gasteiger partial charge in [-0.1, -0.05) is 6.92 Å². The number of nitrogens with two attached hydrogens (primary N) is 1. The van der Waals surface area contributed by atoms with Crippen molar-refractivity contribution in [1.82, 2.24) is 9.97 Å². The maximum absolute atomic E-state index is 5.79. The van der Waals surface area contributed by atoms with Crippen LogP contribution < -0.4 is 10.6 Å². The van der Waals surface area contributed by atoms with Gasteiger partial charge in [-0.25, -0.2) is 9.97 Å². The molecule has 0 saturated carbocycles. The Kier molecular flexibility index (Phi) is 5.69. The third-order valence-electron chi connectivity index (χ3n) is 2.41. The summed E-state index contributed by atoms with van der Waals surface area (Å²) in [5, 5.41) is 0. The van der Waals surface area contributed by atoms with Crippen molar-refractivity contribution in [3.05, 3.63) is 11.9 Å². The van der Waals surface area contributed by atoms with Gasteiger partial charge >= 0.3 is 0 Å². The molecule has 1 heterocycles. The van der Waals surface area contributed by atoms with Crippen molar-refractivity contribution < 1.29 is 4.74 Å². The zero-order valence-electron chi connectivity index (χ0n) is 10.9. The second-order valence-electron chi connectivity index (χ2n) is 3.78. The first-order valence-electron chi connectivity index (χ1n) is 6.17. The Morgan fingerprint density at radius 2 is 2.06 bits per heavy atom. The van der Waals surface area contributed by atoms with Gasteiger partial charge < -0.3 is 15.4 Å². The molecule has 0 aromatic carbocycles. The molecule has 1 aromatic rings. The van der Waals surface area contributed by atoms with Gasteiger partial charge in [-0.05, 0) is 20.3 Å². The van der Waals surface area contributed by atoms with Gasteiger partial charge in [-0.3, -0.25) is 0 Å². The molecule has 0 unspecified atom stereocenters. The topological polar surface area (TPSA) is 64.3 Å². The van der Waals surface area contributed by atoms with Gasteiger partial charge in [-0.2, -0.15) is 0 Å². The summed E-state index contributed by atoms with van der Waals surface area (Å²) in [6, 6.07) is 1.81. The molecular weight excluding hydrogens is 216 g/mol. The lowest BCUT2D eigenvalue weighted by Crippen LogP contribution is -2.25. The third kappa shape index (κ3) is 4.19. The molecule has 17 heavy (non-hydrogen) atoms. The van der Waals surface area contributed by atoms with Crippen LogP contribution in [0, 0.1) is 0 Å². The average molecular weight is 238 g/mol. The molecule has 0 aliphatic carbocycles. The Hall–Kier alpha value is -1.36. The van der Waals surface area contributed by atoms with Crippen LogP contribution in [0.15, 0.2) is 6.07 Å². The van der Waals surface area contributed by atoms with E-state index in [1.807, 2.05) is 13.0 Å². The molecule has 1 rings (SSSR count). The lowest BCUT2D eigenvalue weighted by molar-refractivity contribution is 0.128. The van der Waals surface area contributed by atoms with Crippen LogP contribution in [-0.4, -0.2) is 29.7 Å². The van der Waals surface area contributed by atoms with Crippen molar-refractivity contribution in [2.24, 2.45) is 0 Å². The second kappa shape index (κ2) is 7.06. The molecule has 0 aliphatic heterocycles. The highest BCUT2D eigenvalue weighted by atomic mass is 16.5. The van der Waals surface area contributed by atoms with Crippen molar-refractivity contribution in [2.75, 3.05) is 30.3 Å². The molecule has 0 fully saturated rings. The van der Waals surface area contributed by atoms with Gasteiger partial charge in [-0.15, -0.1) is 0 Å². The summed E-state index contributed by atoms with van der Waals surface area (Å²) < 4.78 is 5.30. The summed E-state index contributed by atoms with van der Waals surface area (Å²) in [5.41, 5.74) is 5.79. The van der Waals surface area contributed by atoms with Gasteiger partial charge in [0.2, 0.25) is 0 Å². The van der Waals surface area contributed by atoms with E-state index >= 15 is 0 Å². The van der Waals surface area contributed by atoms with Crippen LogP contribution in [0.5, 0.6) is 0 Å². The Morgan fingerprint density at radius 1 is 1.29 bits per heavy atom. The van der Waals surface area contributed by atoms with Crippen molar-refractivity contribution >= 4 is 11.6 Å². The lowest BCUT2D eigenvalue weighted by Gasteiger charge is -2.21. The largest absolute Gasteiger partial charge is 0.384 e. The summed E-state index contributed by atoms with van der Waals surface area (Å²) in [7, 11) is 0. The maximum Gasteiger partial charge on any atom is 0.158 e. The molecule has 5 nitrogen and oxygen atoms in total. The highest BCUT2D eigenvalue weighted by Crippen LogP contribution is 2.14. The quantitative estimate of drug-likeness (QED) is 0.785. The van der Waals surface area contributed by atoms with E-state index in [0.29, 0.717) is 24.9 Å². The number of aromatic nitrogens is 2. The van der Waals surface area contributed by atoms with Crippen LogP contribution in [-0.2, 0) is 11.3 Å². The normalized spacial score (nSPS) is 10.5. The van der Waals surface area contributed by atoms with E-state index in [0.717, 1.165) is 25.3 Å². The molecule has 0 bridgehead atoms. The van der Waals surface area contributed by atoms with Crippen LogP contribution in [0.4, 0.5) is 11.6 Å². The van der Waals surface area contributed by atoms with Crippen LogP contribution in [0.1, 0.15) is 33.0 Å². The second-order valence-corrected chi connectivity index (χ2v) is 3.78. The summed E-state index contributed by atoms with van der Waals surface area (Å²) in [4.78, 5) is 10.8. The molecule has 0 radical (unpaired) electrons. The fourth-order valence-electron chi connectivity index (χ4n) is 1.63. The van der Waals surface area contributed by atoms with Crippen LogP contribution >= 0.6 is 0 Å². The molecule has 1 aromatic heterocycles. The number of rotatable bonds is 7. The number of hydrogen-bond acceptors (Lipinski definition) is 5. The SMILES string of the molecule is CCCN(CC)c1cc(N)nc(COCC)n1. The monoisotopic (exact) mass is 238 g/mol. The number of hydrogen-bond donors (Lipinski definition) is 1. The third-order valence-corrected chi connectivity index (χ3v) is 2.41. The van der Waals surface area contributed by atoms with Crippen molar-refractivity contribution in [2.45, 2.75) is 33.8 Å². The van der Waals surface area contributed by atoms with Crippen LogP contribution in [0.25, 0.3) is 0 Å². The van der Waals surface area contributed by atoms with Gasteiger partial charge in [0.25, 0.3) is 0 Å². The van der Waals surface area contributed by atoms with Gasteiger partial charge in [0.15, 0.2) is 5.82 Å². The van der Waals surface area contributed by atoms with Crippen molar-refractivity contribution in [1.29, 1.82) is 0 Å². The standard InChI is InChI=1S/C12H22N4O/c1-4-7-16(5-2)12-8-10(13)14-11(15-12)9-17-6-3/h8H,4-7,9H2,1-3H3,(H2,13,14,15). The Balaban J connectivity index is 2.86. The molecule has 0 atom stereocenters. The van der Waals surface area contributed by atoms with Crippen LogP contribution in [0.3, 0.4) is 0 Å². The molecule has 0 amide bonds. The minimum Gasteiger partial charge on any atom is -0.384 e. The maximum atomic E-state index is 5.79. The predicted octanol–water partition coefficient (Wildman–Crippen LogP) is 1.83. The van der Waals surface area contributed by atoms with E-state index in [2.05, 4.69) is 28.7 Å². The molecule has 0 saturated heterocycles. The smallest absolute Gasteiger partial charge is 0.158 e. The van der Waals surface area contributed by atoms with Gasteiger partial charge in [0.1, 0.15) is 18.2 Å². The van der Waals surface area contributed by atoms with E-state index in [9.17, 15) is 0 Å². The first-order chi connectivity index (χ1) is 8.21. The zero-order chi connectivity index (χ0) is 12.7. The highest BCUT2D eigenvalue weighted by Gasteiger charge is 2.08. The predicted molar refractivity (Wildman–Crippen MR) is 70.0 cm³/mol. The van der Waals surface area contributed by atoms with E-state index in [1.165, 1.54) is 0 Å². The molecule has 0 spiro atoms. The number of nitrogens with zero attached hydrogens (tertiary/aromatic N) is 3. The Bertz CT molecular complexity index is 343. The molecular formula is C12H22N4O. The van der Waals surface area contributed by atoms with E-state index in [-0.39, 0.29) is 0 Å². The molecule has 96 valence electrons. The lowest BCUT2D eigenvalue weighted by atomic mass is 10.3. The van der Waals surface area contributed by atoms with Crippen molar-refractivity contribution in [3.63, 3.8) is 0 Å². The first kappa shape index (κ1) is 13.7. The first-order valence-corrected chi connectivity index (χ1v) is 6.17.